The summed E-state index contributed by atoms with van der Waals surface area (Å²) in [5.74, 6) is 0.307. The van der Waals surface area contributed by atoms with E-state index in [2.05, 4.69) is 9.97 Å². The fourth-order valence-corrected chi connectivity index (χ4v) is 1.49. The summed E-state index contributed by atoms with van der Waals surface area (Å²) < 4.78 is 5.30. The Morgan fingerprint density at radius 1 is 1.38 bits per heavy atom. The summed E-state index contributed by atoms with van der Waals surface area (Å²) in [6.07, 6.45) is 0.801. The van der Waals surface area contributed by atoms with Gasteiger partial charge in [0, 0.05) is 18.5 Å². The largest absolute Gasteiger partial charge is 0.376 e. The first-order valence-electron chi connectivity index (χ1n) is 4.23. The van der Waals surface area contributed by atoms with Gasteiger partial charge in [-0.3, -0.25) is 0 Å². The lowest BCUT2D eigenvalue weighted by atomic mass is 10.1. The van der Waals surface area contributed by atoms with Gasteiger partial charge in [0.15, 0.2) is 0 Å². The van der Waals surface area contributed by atoms with Crippen LogP contribution in [0.4, 0.5) is 5.95 Å². The molecule has 13 heavy (non-hydrogen) atoms. The molecule has 1 aliphatic rings. The van der Waals surface area contributed by atoms with Crippen molar-refractivity contribution < 1.29 is 4.74 Å². The van der Waals surface area contributed by atoms with Crippen LogP contribution in [0.3, 0.4) is 0 Å². The Hall–Kier alpha value is -1.20. The highest BCUT2D eigenvalue weighted by atomic mass is 16.5. The Labute approximate surface area is 76.1 Å². The second-order valence-electron chi connectivity index (χ2n) is 2.96. The maximum atomic E-state index is 5.54. The summed E-state index contributed by atoms with van der Waals surface area (Å²) in [6.45, 7) is 1.65. The molecule has 0 saturated heterocycles. The molecule has 1 aliphatic heterocycles. The van der Waals surface area contributed by atoms with Gasteiger partial charge in [-0.2, -0.15) is 0 Å². The van der Waals surface area contributed by atoms with E-state index in [0.717, 1.165) is 23.4 Å². The fourth-order valence-electron chi connectivity index (χ4n) is 1.49. The summed E-state index contributed by atoms with van der Waals surface area (Å²) in [7, 11) is 0. The monoisotopic (exact) mass is 180 g/mol. The van der Waals surface area contributed by atoms with Crippen molar-refractivity contribution in [2.24, 2.45) is 5.73 Å². The third-order valence-electron chi connectivity index (χ3n) is 2.12. The molecule has 5 nitrogen and oxygen atoms in total. The smallest absolute Gasteiger partial charge is 0.220 e. The van der Waals surface area contributed by atoms with Gasteiger partial charge >= 0.3 is 0 Å². The van der Waals surface area contributed by atoms with Crippen molar-refractivity contribution in [2.75, 3.05) is 12.3 Å². The number of fused-ring (bicyclic) bond motifs is 1. The lowest BCUT2D eigenvalue weighted by molar-refractivity contribution is 0.108. The van der Waals surface area contributed by atoms with Crippen LogP contribution in [0.5, 0.6) is 0 Å². The number of nitrogens with two attached hydrogens (primary N) is 2. The molecule has 0 fully saturated rings. The number of hydrogen-bond donors (Lipinski definition) is 2. The van der Waals surface area contributed by atoms with E-state index in [9.17, 15) is 0 Å². The van der Waals surface area contributed by atoms with Crippen LogP contribution >= 0.6 is 0 Å². The third kappa shape index (κ3) is 1.48. The van der Waals surface area contributed by atoms with E-state index >= 15 is 0 Å². The van der Waals surface area contributed by atoms with Crippen molar-refractivity contribution in [1.29, 1.82) is 0 Å². The average molecular weight is 180 g/mol. The second-order valence-corrected chi connectivity index (χ2v) is 2.96. The molecular weight excluding hydrogens is 168 g/mol. The number of rotatable bonds is 1. The molecule has 0 saturated carbocycles. The first-order chi connectivity index (χ1) is 6.31. The third-order valence-corrected chi connectivity index (χ3v) is 2.12. The fraction of sp³-hybridized carbons (Fsp3) is 0.500. The van der Waals surface area contributed by atoms with Gasteiger partial charge < -0.3 is 16.2 Å². The van der Waals surface area contributed by atoms with E-state index in [1.54, 1.807) is 0 Å². The molecule has 0 aromatic carbocycles. The Morgan fingerprint density at radius 3 is 3.00 bits per heavy atom. The lowest BCUT2D eigenvalue weighted by Gasteiger charge is -2.17. The number of hydrogen-bond acceptors (Lipinski definition) is 5. The topological polar surface area (TPSA) is 87.0 Å². The molecule has 2 rings (SSSR count). The first kappa shape index (κ1) is 8.40. The Kier molecular flexibility index (Phi) is 2.12. The molecule has 0 unspecified atom stereocenters. The van der Waals surface area contributed by atoms with E-state index in [1.807, 2.05) is 0 Å². The van der Waals surface area contributed by atoms with Crippen molar-refractivity contribution in [3.8, 4) is 0 Å². The highest BCUT2D eigenvalue weighted by molar-refractivity contribution is 5.32. The molecular formula is C8H12N4O. The molecule has 0 spiro atoms. The summed E-state index contributed by atoms with van der Waals surface area (Å²) >= 11 is 0. The van der Waals surface area contributed by atoms with E-state index in [1.165, 1.54) is 0 Å². The van der Waals surface area contributed by atoms with Gasteiger partial charge in [0.05, 0.1) is 24.6 Å². The number of aromatic nitrogens is 2. The Morgan fingerprint density at radius 2 is 2.23 bits per heavy atom. The van der Waals surface area contributed by atoms with E-state index in [4.69, 9.17) is 16.2 Å². The van der Waals surface area contributed by atoms with Gasteiger partial charge in [0.25, 0.3) is 0 Å². The van der Waals surface area contributed by atoms with Crippen LogP contribution in [-0.2, 0) is 24.3 Å². The van der Waals surface area contributed by atoms with Gasteiger partial charge in [0.1, 0.15) is 0 Å². The van der Waals surface area contributed by atoms with Crippen LogP contribution in [-0.4, -0.2) is 16.6 Å². The predicted molar refractivity (Wildman–Crippen MR) is 47.7 cm³/mol. The summed E-state index contributed by atoms with van der Waals surface area (Å²) in [5.41, 5.74) is 13.9. The Bertz CT molecular complexity index is 309. The zero-order valence-electron chi connectivity index (χ0n) is 7.29. The quantitative estimate of drug-likeness (QED) is 0.613. The number of nitrogens with zero attached hydrogens (tertiary/aromatic N) is 2. The van der Waals surface area contributed by atoms with Crippen molar-refractivity contribution in [1.82, 2.24) is 9.97 Å². The van der Waals surface area contributed by atoms with E-state index in [0.29, 0.717) is 25.7 Å². The number of anilines is 1. The predicted octanol–water partition coefficient (Wildman–Crippen LogP) is -0.410. The molecule has 0 atom stereocenters. The number of nitrogen functional groups attached to an aromatic ring is 1. The normalized spacial score (nSPS) is 15.5. The zero-order valence-corrected chi connectivity index (χ0v) is 7.29. The van der Waals surface area contributed by atoms with Crippen LogP contribution in [0.1, 0.15) is 17.0 Å². The van der Waals surface area contributed by atoms with Crippen LogP contribution in [0.2, 0.25) is 0 Å². The summed E-state index contributed by atoms with van der Waals surface area (Å²) in [4.78, 5) is 8.22. The zero-order chi connectivity index (χ0) is 9.26. The van der Waals surface area contributed by atoms with Gasteiger partial charge in [-0.15, -0.1) is 0 Å². The molecule has 0 aliphatic carbocycles. The molecule has 4 N–H and O–H groups in total. The highest BCUT2D eigenvalue weighted by Crippen LogP contribution is 2.18. The minimum absolute atomic E-state index is 0.307. The van der Waals surface area contributed by atoms with Crippen molar-refractivity contribution in [2.45, 2.75) is 19.6 Å². The first-order valence-corrected chi connectivity index (χ1v) is 4.23. The Balaban J connectivity index is 2.50. The molecule has 0 amide bonds. The van der Waals surface area contributed by atoms with Crippen LogP contribution in [0.25, 0.3) is 0 Å². The van der Waals surface area contributed by atoms with Crippen LogP contribution < -0.4 is 11.5 Å². The van der Waals surface area contributed by atoms with Crippen molar-refractivity contribution >= 4 is 5.95 Å². The molecule has 70 valence electrons. The van der Waals surface area contributed by atoms with E-state index in [-0.39, 0.29) is 0 Å². The van der Waals surface area contributed by atoms with Gasteiger partial charge in [0.2, 0.25) is 5.95 Å². The van der Waals surface area contributed by atoms with Gasteiger partial charge in [-0.05, 0) is 0 Å². The molecule has 2 heterocycles. The summed E-state index contributed by atoms with van der Waals surface area (Å²) in [5, 5.41) is 0. The summed E-state index contributed by atoms with van der Waals surface area (Å²) in [6, 6.07) is 0. The molecule has 0 radical (unpaired) electrons. The molecule has 0 bridgehead atoms. The minimum Gasteiger partial charge on any atom is -0.376 e. The van der Waals surface area contributed by atoms with Crippen molar-refractivity contribution in [3.63, 3.8) is 0 Å². The standard InChI is InChI=1S/C8H12N4O/c9-3-7-5-4-13-2-1-6(5)11-8(10)12-7/h1-4,9H2,(H2,10,11,12). The maximum Gasteiger partial charge on any atom is 0.220 e. The van der Waals surface area contributed by atoms with Crippen molar-refractivity contribution in [3.05, 3.63) is 17.0 Å². The lowest BCUT2D eigenvalue weighted by Crippen LogP contribution is -2.18. The van der Waals surface area contributed by atoms with Crippen LogP contribution in [0, 0.1) is 0 Å². The number of ether oxygens (including phenoxy) is 1. The highest BCUT2D eigenvalue weighted by Gasteiger charge is 2.16. The minimum atomic E-state index is 0.307. The average Bonchev–Trinajstić information content (AvgIpc) is 2.16. The molecule has 1 aromatic heterocycles. The van der Waals surface area contributed by atoms with Crippen LogP contribution in [0.15, 0.2) is 0 Å². The maximum absolute atomic E-state index is 5.54. The molecule has 1 aromatic rings. The SMILES string of the molecule is NCc1nc(N)nc2c1COCC2. The van der Waals surface area contributed by atoms with E-state index < -0.39 is 0 Å². The molecule has 5 heteroatoms. The van der Waals surface area contributed by atoms with Gasteiger partial charge in [-0.1, -0.05) is 0 Å². The van der Waals surface area contributed by atoms with Gasteiger partial charge in [-0.25, -0.2) is 9.97 Å². The second kappa shape index (κ2) is 3.27.